The molecule has 21 heavy (non-hydrogen) atoms. The number of fused-ring (bicyclic) bond motifs is 1. The number of hydrogen-bond donors (Lipinski definition) is 1. The van der Waals surface area contributed by atoms with Crippen LogP contribution in [0, 0.1) is 5.41 Å². The van der Waals surface area contributed by atoms with Crippen LogP contribution in [0.25, 0.3) is 0 Å². The molecule has 110 valence electrons. The van der Waals surface area contributed by atoms with E-state index in [-0.39, 0.29) is 5.41 Å². The number of anilines is 1. The fourth-order valence-corrected chi connectivity index (χ4v) is 3.27. The van der Waals surface area contributed by atoms with Gasteiger partial charge in [-0.05, 0) is 42.0 Å². The van der Waals surface area contributed by atoms with E-state index >= 15 is 0 Å². The van der Waals surface area contributed by atoms with Crippen LogP contribution in [0.15, 0.2) is 48.5 Å². The first-order valence-electron chi connectivity index (χ1n) is 7.67. The molecule has 1 N–H and O–H groups in total. The highest BCUT2D eigenvalue weighted by Crippen LogP contribution is 2.46. The normalized spacial score (nSPS) is 19.1. The lowest BCUT2D eigenvalue weighted by Crippen LogP contribution is -2.24. The van der Waals surface area contributed by atoms with Crippen molar-refractivity contribution in [2.75, 3.05) is 11.9 Å². The standard InChI is InChI=1S/C19H23NO/c1-4-21-16-10-7-9-15(12-16)20-18-17-11-6-5-8-14(17)13-19(18,2)3/h5-12,18,20H,4,13H2,1-3H3. The molecule has 2 nitrogen and oxygen atoms in total. The van der Waals surface area contributed by atoms with Gasteiger partial charge in [0.15, 0.2) is 0 Å². The Morgan fingerprint density at radius 2 is 1.95 bits per heavy atom. The molecule has 0 saturated heterocycles. The van der Waals surface area contributed by atoms with Crippen LogP contribution in [-0.2, 0) is 6.42 Å². The van der Waals surface area contributed by atoms with E-state index in [4.69, 9.17) is 4.74 Å². The predicted molar refractivity (Wildman–Crippen MR) is 87.9 cm³/mol. The molecule has 1 unspecified atom stereocenters. The topological polar surface area (TPSA) is 21.3 Å². The highest BCUT2D eigenvalue weighted by atomic mass is 16.5. The summed E-state index contributed by atoms with van der Waals surface area (Å²) in [7, 11) is 0. The molecule has 1 aliphatic carbocycles. The molecule has 0 heterocycles. The van der Waals surface area contributed by atoms with Gasteiger partial charge in [-0.25, -0.2) is 0 Å². The minimum atomic E-state index is 0.214. The summed E-state index contributed by atoms with van der Waals surface area (Å²) in [4.78, 5) is 0. The van der Waals surface area contributed by atoms with E-state index in [0.717, 1.165) is 17.9 Å². The van der Waals surface area contributed by atoms with Crippen molar-refractivity contribution in [2.24, 2.45) is 5.41 Å². The van der Waals surface area contributed by atoms with Crippen LogP contribution in [0.4, 0.5) is 5.69 Å². The van der Waals surface area contributed by atoms with Gasteiger partial charge in [0.1, 0.15) is 5.75 Å². The van der Waals surface area contributed by atoms with E-state index in [9.17, 15) is 0 Å². The SMILES string of the molecule is CCOc1cccc(NC2c3ccccc3CC2(C)C)c1. The number of nitrogens with one attached hydrogen (secondary N) is 1. The highest BCUT2D eigenvalue weighted by Gasteiger charge is 2.38. The molecule has 0 saturated carbocycles. The van der Waals surface area contributed by atoms with Gasteiger partial charge in [-0.2, -0.15) is 0 Å². The third kappa shape index (κ3) is 2.76. The van der Waals surface area contributed by atoms with Crippen molar-refractivity contribution >= 4 is 5.69 Å². The Morgan fingerprint density at radius 3 is 2.76 bits per heavy atom. The van der Waals surface area contributed by atoms with Crippen LogP contribution in [0.1, 0.15) is 37.9 Å². The van der Waals surface area contributed by atoms with E-state index in [0.29, 0.717) is 12.6 Å². The number of ether oxygens (including phenoxy) is 1. The van der Waals surface area contributed by atoms with Crippen LogP contribution in [0.5, 0.6) is 5.75 Å². The van der Waals surface area contributed by atoms with Gasteiger partial charge in [0.2, 0.25) is 0 Å². The second-order valence-electron chi connectivity index (χ2n) is 6.40. The third-order valence-corrected chi connectivity index (χ3v) is 4.25. The molecular formula is C19H23NO. The molecule has 1 atom stereocenters. The molecule has 0 aliphatic heterocycles. The molecule has 2 aromatic carbocycles. The smallest absolute Gasteiger partial charge is 0.121 e. The first-order chi connectivity index (χ1) is 10.1. The van der Waals surface area contributed by atoms with E-state index < -0.39 is 0 Å². The zero-order chi connectivity index (χ0) is 14.9. The van der Waals surface area contributed by atoms with Gasteiger partial charge < -0.3 is 10.1 Å². The molecular weight excluding hydrogens is 258 g/mol. The lowest BCUT2D eigenvalue weighted by Gasteiger charge is -2.29. The first-order valence-corrected chi connectivity index (χ1v) is 7.67. The second kappa shape index (κ2) is 5.44. The van der Waals surface area contributed by atoms with Crippen LogP contribution >= 0.6 is 0 Å². The molecule has 0 aromatic heterocycles. The zero-order valence-corrected chi connectivity index (χ0v) is 13.0. The molecule has 3 rings (SSSR count). The minimum absolute atomic E-state index is 0.214. The van der Waals surface area contributed by atoms with E-state index in [1.807, 2.05) is 19.1 Å². The summed E-state index contributed by atoms with van der Waals surface area (Å²) in [5.74, 6) is 0.923. The summed E-state index contributed by atoms with van der Waals surface area (Å²) in [6.45, 7) is 7.37. The summed E-state index contributed by atoms with van der Waals surface area (Å²) in [5.41, 5.74) is 4.21. The van der Waals surface area contributed by atoms with Crippen LogP contribution in [-0.4, -0.2) is 6.61 Å². The van der Waals surface area contributed by atoms with Gasteiger partial charge in [0.25, 0.3) is 0 Å². The predicted octanol–water partition coefficient (Wildman–Crippen LogP) is 4.82. The Bertz CT molecular complexity index is 633. The van der Waals surface area contributed by atoms with Gasteiger partial charge in [0.05, 0.1) is 12.6 Å². The van der Waals surface area contributed by atoms with Crippen molar-refractivity contribution in [3.05, 3.63) is 59.7 Å². The molecule has 2 heteroatoms. The summed E-state index contributed by atoms with van der Waals surface area (Å²) in [6.07, 6.45) is 1.12. The van der Waals surface area contributed by atoms with Crippen molar-refractivity contribution < 1.29 is 4.74 Å². The van der Waals surface area contributed by atoms with Gasteiger partial charge >= 0.3 is 0 Å². The number of benzene rings is 2. The Labute approximate surface area is 127 Å². The minimum Gasteiger partial charge on any atom is -0.494 e. The van der Waals surface area contributed by atoms with Crippen molar-refractivity contribution in [2.45, 2.75) is 33.2 Å². The molecule has 0 bridgehead atoms. The average Bonchev–Trinajstić information content (AvgIpc) is 2.71. The van der Waals surface area contributed by atoms with Gasteiger partial charge in [-0.3, -0.25) is 0 Å². The fourth-order valence-electron chi connectivity index (χ4n) is 3.27. The van der Waals surface area contributed by atoms with E-state index in [1.165, 1.54) is 11.1 Å². The fraction of sp³-hybridized carbons (Fsp3) is 0.368. The summed E-state index contributed by atoms with van der Waals surface area (Å²) in [5, 5.41) is 3.71. The molecule has 0 amide bonds. The maximum Gasteiger partial charge on any atom is 0.121 e. The quantitative estimate of drug-likeness (QED) is 0.867. The van der Waals surface area contributed by atoms with Gasteiger partial charge in [-0.15, -0.1) is 0 Å². The molecule has 0 radical (unpaired) electrons. The van der Waals surface area contributed by atoms with Crippen molar-refractivity contribution in [1.82, 2.24) is 0 Å². The van der Waals surface area contributed by atoms with Crippen molar-refractivity contribution in [3.8, 4) is 5.75 Å². The Morgan fingerprint density at radius 1 is 1.14 bits per heavy atom. The van der Waals surface area contributed by atoms with Gasteiger partial charge in [-0.1, -0.05) is 44.2 Å². The molecule has 0 fully saturated rings. The highest BCUT2D eigenvalue weighted by molar-refractivity contribution is 5.52. The zero-order valence-electron chi connectivity index (χ0n) is 13.0. The maximum absolute atomic E-state index is 5.59. The summed E-state index contributed by atoms with van der Waals surface area (Å²) in [6, 6.07) is 17.3. The van der Waals surface area contributed by atoms with E-state index in [1.54, 1.807) is 0 Å². The largest absolute Gasteiger partial charge is 0.494 e. The Kier molecular flexibility index (Phi) is 3.62. The lowest BCUT2D eigenvalue weighted by molar-refractivity contribution is 0.334. The third-order valence-electron chi connectivity index (χ3n) is 4.25. The average molecular weight is 281 g/mol. The molecule has 0 spiro atoms. The monoisotopic (exact) mass is 281 g/mol. The first kappa shape index (κ1) is 14.0. The van der Waals surface area contributed by atoms with E-state index in [2.05, 4.69) is 55.6 Å². The van der Waals surface area contributed by atoms with Crippen LogP contribution < -0.4 is 10.1 Å². The van der Waals surface area contributed by atoms with Crippen molar-refractivity contribution in [3.63, 3.8) is 0 Å². The lowest BCUT2D eigenvalue weighted by atomic mass is 9.85. The Balaban J connectivity index is 1.88. The molecule has 1 aliphatic rings. The number of rotatable bonds is 4. The maximum atomic E-state index is 5.59. The summed E-state index contributed by atoms with van der Waals surface area (Å²) < 4.78 is 5.59. The Hall–Kier alpha value is -1.96. The summed E-state index contributed by atoms with van der Waals surface area (Å²) >= 11 is 0. The van der Waals surface area contributed by atoms with Crippen LogP contribution in [0.2, 0.25) is 0 Å². The van der Waals surface area contributed by atoms with Crippen LogP contribution in [0.3, 0.4) is 0 Å². The van der Waals surface area contributed by atoms with Crippen molar-refractivity contribution in [1.29, 1.82) is 0 Å². The second-order valence-corrected chi connectivity index (χ2v) is 6.40. The number of hydrogen-bond acceptors (Lipinski definition) is 2. The van der Waals surface area contributed by atoms with Gasteiger partial charge in [0, 0.05) is 11.8 Å². The molecule has 2 aromatic rings.